The highest BCUT2D eigenvalue weighted by Gasteiger charge is 2.41. The number of amides is 2. The molecule has 19 heavy (non-hydrogen) atoms. The minimum absolute atomic E-state index is 0.00390. The van der Waals surface area contributed by atoms with Crippen LogP contribution in [0.25, 0.3) is 0 Å². The molecule has 0 radical (unpaired) electrons. The van der Waals surface area contributed by atoms with E-state index in [0.29, 0.717) is 5.56 Å². The van der Waals surface area contributed by atoms with Gasteiger partial charge in [0.25, 0.3) is 0 Å². The van der Waals surface area contributed by atoms with E-state index in [0.717, 1.165) is 0 Å². The molecule has 1 N–H and O–H groups in total. The first kappa shape index (κ1) is 13.8. The molecule has 2 rings (SSSR count). The molecule has 0 bridgehead atoms. The van der Waals surface area contributed by atoms with Gasteiger partial charge in [-0.15, -0.1) is 0 Å². The Bertz CT molecular complexity index is 545. The Morgan fingerprint density at radius 3 is 2.74 bits per heavy atom. The molecule has 1 aromatic rings. The van der Waals surface area contributed by atoms with Crippen LogP contribution in [0.4, 0.5) is 4.39 Å². The van der Waals surface area contributed by atoms with Gasteiger partial charge < -0.3 is 10.2 Å². The SMILES string of the molecule is CC1(C)C(=O)NCC(=O)N1Cc1ccc(F)c(Cl)c1. The maximum Gasteiger partial charge on any atom is 0.245 e. The number of carbonyl (C=O) groups excluding carboxylic acids is 2. The molecular formula is C13H14ClFN2O2. The molecule has 0 unspecified atom stereocenters. The Morgan fingerprint density at radius 1 is 1.42 bits per heavy atom. The van der Waals surface area contributed by atoms with Crippen molar-refractivity contribution in [3.05, 3.63) is 34.6 Å². The quantitative estimate of drug-likeness (QED) is 0.899. The molecule has 1 aliphatic rings. The Morgan fingerprint density at radius 2 is 2.11 bits per heavy atom. The molecule has 1 aromatic carbocycles. The third kappa shape index (κ3) is 2.56. The molecular weight excluding hydrogens is 271 g/mol. The fraction of sp³-hybridized carbons (Fsp3) is 0.385. The van der Waals surface area contributed by atoms with E-state index in [4.69, 9.17) is 11.6 Å². The number of halogens is 2. The first-order chi connectivity index (χ1) is 8.82. The average molecular weight is 285 g/mol. The van der Waals surface area contributed by atoms with Crippen LogP contribution in [0.3, 0.4) is 0 Å². The standard InChI is InChI=1S/C13H14ClFN2O2/c1-13(2)12(19)16-6-11(18)17(13)7-8-3-4-10(15)9(14)5-8/h3-5H,6-7H2,1-2H3,(H,16,19). The van der Waals surface area contributed by atoms with Gasteiger partial charge >= 0.3 is 0 Å². The van der Waals surface area contributed by atoms with Crippen molar-refractivity contribution in [3.63, 3.8) is 0 Å². The Kier molecular flexibility index (Phi) is 3.49. The average Bonchev–Trinajstić information content (AvgIpc) is 2.34. The van der Waals surface area contributed by atoms with Crippen LogP contribution in [-0.2, 0) is 16.1 Å². The molecule has 0 aromatic heterocycles. The van der Waals surface area contributed by atoms with Crippen LogP contribution in [0, 0.1) is 5.82 Å². The molecule has 1 heterocycles. The maximum atomic E-state index is 13.1. The van der Waals surface area contributed by atoms with Crippen LogP contribution in [-0.4, -0.2) is 28.8 Å². The number of rotatable bonds is 2. The lowest BCUT2D eigenvalue weighted by Gasteiger charge is -2.41. The minimum Gasteiger partial charge on any atom is -0.345 e. The monoisotopic (exact) mass is 284 g/mol. The fourth-order valence-electron chi connectivity index (χ4n) is 2.01. The van der Waals surface area contributed by atoms with Crippen LogP contribution >= 0.6 is 11.6 Å². The lowest BCUT2D eigenvalue weighted by Crippen LogP contribution is -2.63. The summed E-state index contributed by atoms with van der Waals surface area (Å²) in [4.78, 5) is 25.2. The molecule has 0 aliphatic carbocycles. The van der Waals surface area contributed by atoms with Gasteiger partial charge in [-0.2, -0.15) is 0 Å². The first-order valence-corrected chi connectivity index (χ1v) is 6.23. The van der Waals surface area contributed by atoms with Gasteiger partial charge in [0.05, 0.1) is 11.6 Å². The predicted octanol–water partition coefficient (Wildman–Crippen LogP) is 1.72. The van der Waals surface area contributed by atoms with Crippen molar-refractivity contribution in [1.29, 1.82) is 0 Å². The summed E-state index contributed by atoms with van der Waals surface area (Å²) >= 11 is 5.71. The highest BCUT2D eigenvalue weighted by molar-refractivity contribution is 6.30. The number of carbonyl (C=O) groups is 2. The second-order valence-electron chi connectivity index (χ2n) is 4.97. The van der Waals surface area contributed by atoms with E-state index in [-0.39, 0.29) is 29.9 Å². The van der Waals surface area contributed by atoms with Crippen molar-refractivity contribution in [1.82, 2.24) is 10.2 Å². The summed E-state index contributed by atoms with van der Waals surface area (Å²) in [5, 5.41) is 2.55. The molecule has 0 saturated carbocycles. The molecule has 6 heteroatoms. The van der Waals surface area contributed by atoms with Crippen LogP contribution in [0.15, 0.2) is 18.2 Å². The lowest BCUT2D eigenvalue weighted by atomic mass is 9.97. The highest BCUT2D eigenvalue weighted by atomic mass is 35.5. The van der Waals surface area contributed by atoms with Gasteiger partial charge in [0.1, 0.15) is 11.4 Å². The predicted molar refractivity (Wildman–Crippen MR) is 69.0 cm³/mol. The number of nitrogens with zero attached hydrogens (tertiary/aromatic N) is 1. The van der Waals surface area contributed by atoms with Crippen LogP contribution in [0.5, 0.6) is 0 Å². The fourth-order valence-corrected chi connectivity index (χ4v) is 2.21. The van der Waals surface area contributed by atoms with Crippen molar-refractivity contribution < 1.29 is 14.0 Å². The van der Waals surface area contributed by atoms with E-state index in [9.17, 15) is 14.0 Å². The summed E-state index contributed by atoms with van der Waals surface area (Å²) in [5.74, 6) is -0.891. The van der Waals surface area contributed by atoms with Crippen molar-refractivity contribution in [2.45, 2.75) is 25.9 Å². The summed E-state index contributed by atoms with van der Waals surface area (Å²) < 4.78 is 13.1. The van der Waals surface area contributed by atoms with E-state index in [1.54, 1.807) is 19.9 Å². The summed E-state index contributed by atoms with van der Waals surface area (Å²) in [6, 6.07) is 4.27. The number of nitrogens with one attached hydrogen (secondary N) is 1. The number of hydrogen-bond donors (Lipinski definition) is 1. The Hall–Kier alpha value is -1.62. The second kappa shape index (κ2) is 4.81. The molecule has 1 aliphatic heterocycles. The van der Waals surface area contributed by atoms with Gasteiger partial charge in [-0.3, -0.25) is 9.59 Å². The van der Waals surface area contributed by atoms with Gasteiger partial charge in [0, 0.05) is 6.54 Å². The van der Waals surface area contributed by atoms with Gasteiger partial charge in [-0.25, -0.2) is 4.39 Å². The van der Waals surface area contributed by atoms with Crippen LogP contribution in [0.1, 0.15) is 19.4 Å². The van der Waals surface area contributed by atoms with Gasteiger partial charge in [0.15, 0.2) is 0 Å². The van der Waals surface area contributed by atoms with E-state index in [1.807, 2.05) is 0 Å². The first-order valence-electron chi connectivity index (χ1n) is 5.85. The Labute approximate surface area is 115 Å². The summed E-state index contributed by atoms with van der Waals surface area (Å²) in [6.07, 6.45) is 0. The third-order valence-electron chi connectivity index (χ3n) is 3.26. The van der Waals surface area contributed by atoms with E-state index >= 15 is 0 Å². The van der Waals surface area contributed by atoms with E-state index in [1.165, 1.54) is 17.0 Å². The molecule has 2 amide bonds. The zero-order valence-electron chi connectivity index (χ0n) is 10.7. The molecule has 4 nitrogen and oxygen atoms in total. The zero-order valence-corrected chi connectivity index (χ0v) is 11.4. The smallest absolute Gasteiger partial charge is 0.245 e. The molecule has 102 valence electrons. The number of hydrogen-bond acceptors (Lipinski definition) is 2. The van der Waals surface area contributed by atoms with Crippen molar-refractivity contribution in [2.24, 2.45) is 0 Å². The normalized spacial score (nSPS) is 18.4. The molecule has 0 spiro atoms. The van der Waals surface area contributed by atoms with E-state index < -0.39 is 11.4 Å². The van der Waals surface area contributed by atoms with Crippen LogP contribution in [0.2, 0.25) is 5.02 Å². The summed E-state index contributed by atoms with van der Waals surface area (Å²) in [6.45, 7) is 3.55. The summed E-state index contributed by atoms with van der Waals surface area (Å²) in [7, 11) is 0. The molecule has 1 saturated heterocycles. The topological polar surface area (TPSA) is 49.4 Å². The number of piperazine rings is 1. The number of benzene rings is 1. The highest BCUT2D eigenvalue weighted by Crippen LogP contribution is 2.23. The van der Waals surface area contributed by atoms with Gasteiger partial charge in [-0.05, 0) is 31.5 Å². The Balaban J connectivity index is 2.27. The lowest BCUT2D eigenvalue weighted by molar-refractivity contribution is -0.152. The molecule has 1 fully saturated rings. The molecule has 0 atom stereocenters. The van der Waals surface area contributed by atoms with Crippen molar-refractivity contribution in [3.8, 4) is 0 Å². The maximum absolute atomic E-state index is 13.1. The largest absolute Gasteiger partial charge is 0.345 e. The van der Waals surface area contributed by atoms with Crippen molar-refractivity contribution in [2.75, 3.05) is 6.54 Å². The van der Waals surface area contributed by atoms with Gasteiger partial charge in [0.2, 0.25) is 11.8 Å². The zero-order chi connectivity index (χ0) is 14.2. The second-order valence-corrected chi connectivity index (χ2v) is 5.38. The van der Waals surface area contributed by atoms with Crippen molar-refractivity contribution >= 4 is 23.4 Å². The van der Waals surface area contributed by atoms with E-state index in [2.05, 4.69) is 5.32 Å². The third-order valence-corrected chi connectivity index (χ3v) is 3.55. The van der Waals surface area contributed by atoms with Crippen LogP contribution < -0.4 is 5.32 Å². The summed E-state index contributed by atoms with van der Waals surface area (Å²) in [5.41, 5.74) is -0.251. The minimum atomic E-state index is -0.934. The van der Waals surface area contributed by atoms with Gasteiger partial charge in [-0.1, -0.05) is 17.7 Å².